The first-order chi connectivity index (χ1) is 13.5. The molecule has 2 aromatic carbocycles. The summed E-state index contributed by atoms with van der Waals surface area (Å²) in [6.07, 6.45) is 0.391. The van der Waals surface area contributed by atoms with E-state index >= 15 is 0 Å². The van der Waals surface area contributed by atoms with Gasteiger partial charge in [0.1, 0.15) is 0 Å². The first-order valence-corrected chi connectivity index (χ1v) is 9.30. The van der Waals surface area contributed by atoms with Crippen molar-refractivity contribution < 1.29 is 14.4 Å². The van der Waals surface area contributed by atoms with Crippen LogP contribution in [0.5, 0.6) is 0 Å². The lowest BCUT2D eigenvalue weighted by atomic mass is 10.2. The molecule has 2 rings (SSSR count). The molecule has 28 heavy (non-hydrogen) atoms. The van der Waals surface area contributed by atoms with Crippen LogP contribution in [0, 0.1) is 0 Å². The Morgan fingerprint density at radius 2 is 1.50 bits per heavy atom. The van der Waals surface area contributed by atoms with E-state index in [-0.39, 0.29) is 17.8 Å². The Morgan fingerprint density at radius 3 is 2.14 bits per heavy atom. The maximum absolute atomic E-state index is 12.1. The van der Waals surface area contributed by atoms with Crippen LogP contribution in [0.25, 0.3) is 0 Å². The van der Waals surface area contributed by atoms with Crippen LogP contribution in [0.2, 0.25) is 5.02 Å². The van der Waals surface area contributed by atoms with Gasteiger partial charge >= 0.3 is 6.03 Å². The van der Waals surface area contributed by atoms with E-state index in [0.29, 0.717) is 42.3 Å². The van der Waals surface area contributed by atoms with Crippen molar-refractivity contribution in [1.82, 2.24) is 16.0 Å². The molecule has 4 amide bonds. The van der Waals surface area contributed by atoms with E-state index in [1.165, 1.54) is 0 Å². The summed E-state index contributed by atoms with van der Waals surface area (Å²) in [5.74, 6) is -0.339. The topological polar surface area (TPSA) is 99.3 Å². The molecule has 7 nitrogen and oxygen atoms in total. The van der Waals surface area contributed by atoms with Gasteiger partial charge in [0.05, 0.1) is 0 Å². The normalized spacial score (nSPS) is 10.1. The average molecular weight is 403 g/mol. The van der Waals surface area contributed by atoms with Crippen molar-refractivity contribution in [3.63, 3.8) is 0 Å². The number of hydrogen-bond acceptors (Lipinski definition) is 3. The van der Waals surface area contributed by atoms with E-state index in [4.69, 9.17) is 11.6 Å². The summed E-state index contributed by atoms with van der Waals surface area (Å²) in [7, 11) is 0. The van der Waals surface area contributed by atoms with Gasteiger partial charge in [0, 0.05) is 42.3 Å². The van der Waals surface area contributed by atoms with E-state index in [0.717, 1.165) is 5.56 Å². The Balaban J connectivity index is 1.65. The number of amides is 4. The minimum Gasteiger partial charge on any atom is -0.350 e. The van der Waals surface area contributed by atoms with Gasteiger partial charge in [-0.1, -0.05) is 30.7 Å². The number of benzene rings is 2. The standard InChI is InChI=1S/C20H23ClN4O3/c1-2-18(26)25-17-9-5-15(6-10-17)19(27)22-11-12-23-20(28)24-13-14-3-7-16(21)8-4-14/h3-10H,2,11-13H2,1H3,(H,22,27)(H,25,26)(H2,23,24,28). The maximum atomic E-state index is 12.1. The molecule has 0 atom stereocenters. The Morgan fingerprint density at radius 1 is 0.857 bits per heavy atom. The highest BCUT2D eigenvalue weighted by molar-refractivity contribution is 6.30. The Hall–Kier alpha value is -3.06. The van der Waals surface area contributed by atoms with Crippen LogP contribution in [-0.4, -0.2) is 30.9 Å². The van der Waals surface area contributed by atoms with Gasteiger partial charge in [-0.3, -0.25) is 9.59 Å². The van der Waals surface area contributed by atoms with Gasteiger partial charge < -0.3 is 21.3 Å². The molecular weight excluding hydrogens is 380 g/mol. The number of urea groups is 1. The molecule has 0 aliphatic rings. The number of anilines is 1. The van der Waals surface area contributed by atoms with Crippen LogP contribution >= 0.6 is 11.6 Å². The molecule has 0 aliphatic heterocycles. The molecule has 2 aromatic rings. The fraction of sp³-hybridized carbons (Fsp3) is 0.250. The molecule has 0 aliphatic carbocycles. The van der Waals surface area contributed by atoms with Crippen LogP contribution in [0.1, 0.15) is 29.3 Å². The van der Waals surface area contributed by atoms with Crippen LogP contribution in [0.3, 0.4) is 0 Å². The van der Waals surface area contributed by atoms with E-state index in [9.17, 15) is 14.4 Å². The summed E-state index contributed by atoms with van der Waals surface area (Å²) < 4.78 is 0. The van der Waals surface area contributed by atoms with Crippen molar-refractivity contribution in [2.45, 2.75) is 19.9 Å². The Labute approximate surface area is 168 Å². The third-order valence-corrected chi connectivity index (χ3v) is 4.07. The van der Waals surface area contributed by atoms with Gasteiger partial charge in [0.25, 0.3) is 5.91 Å². The zero-order valence-electron chi connectivity index (χ0n) is 15.5. The number of hydrogen-bond donors (Lipinski definition) is 4. The lowest BCUT2D eigenvalue weighted by Gasteiger charge is -2.09. The second-order valence-electron chi connectivity index (χ2n) is 5.97. The lowest BCUT2D eigenvalue weighted by Crippen LogP contribution is -2.40. The molecule has 148 valence electrons. The van der Waals surface area contributed by atoms with Crippen molar-refractivity contribution in [2.75, 3.05) is 18.4 Å². The highest BCUT2D eigenvalue weighted by Crippen LogP contribution is 2.10. The second-order valence-corrected chi connectivity index (χ2v) is 6.41. The van der Waals surface area contributed by atoms with E-state index in [2.05, 4.69) is 21.3 Å². The van der Waals surface area contributed by atoms with Gasteiger partial charge in [0.2, 0.25) is 5.91 Å². The predicted octanol–water partition coefficient (Wildman–Crippen LogP) is 2.92. The number of halogens is 1. The number of nitrogens with one attached hydrogen (secondary N) is 4. The summed E-state index contributed by atoms with van der Waals surface area (Å²) in [6, 6.07) is 13.5. The fourth-order valence-corrected chi connectivity index (χ4v) is 2.38. The summed E-state index contributed by atoms with van der Waals surface area (Å²) in [4.78, 5) is 35.2. The third-order valence-electron chi connectivity index (χ3n) is 3.81. The smallest absolute Gasteiger partial charge is 0.315 e. The SMILES string of the molecule is CCC(=O)Nc1ccc(C(=O)NCCNC(=O)NCc2ccc(Cl)cc2)cc1. The van der Waals surface area contributed by atoms with Crippen LogP contribution in [0.4, 0.5) is 10.5 Å². The predicted molar refractivity (Wildman–Crippen MR) is 109 cm³/mol. The number of carbonyl (C=O) groups excluding carboxylic acids is 3. The minimum atomic E-state index is -0.319. The zero-order chi connectivity index (χ0) is 20.4. The van der Waals surface area contributed by atoms with Gasteiger partial charge in [0.15, 0.2) is 0 Å². The van der Waals surface area contributed by atoms with Crippen molar-refractivity contribution in [1.29, 1.82) is 0 Å². The molecule has 0 unspecified atom stereocenters. The lowest BCUT2D eigenvalue weighted by molar-refractivity contribution is -0.115. The maximum Gasteiger partial charge on any atom is 0.315 e. The van der Waals surface area contributed by atoms with Crippen molar-refractivity contribution in [2.24, 2.45) is 0 Å². The minimum absolute atomic E-state index is 0.0855. The first-order valence-electron chi connectivity index (χ1n) is 8.92. The van der Waals surface area contributed by atoms with Crippen LogP contribution in [-0.2, 0) is 11.3 Å². The molecule has 0 heterocycles. The van der Waals surface area contributed by atoms with Crippen molar-refractivity contribution >= 4 is 35.1 Å². The number of carbonyl (C=O) groups is 3. The average Bonchev–Trinajstić information content (AvgIpc) is 2.71. The summed E-state index contributed by atoms with van der Waals surface area (Å²) in [5.41, 5.74) is 2.05. The molecule has 0 fully saturated rings. The molecule has 0 radical (unpaired) electrons. The highest BCUT2D eigenvalue weighted by Gasteiger charge is 2.06. The quantitative estimate of drug-likeness (QED) is 0.511. The number of rotatable bonds is 8. The van der Waals surface area contributed by atoms with E-state index in [1.807, 2.05) is 12.1 Å². The summed E-state index contributed by atoms with van der Waals surface area (Å²) in [6.45, 7) is 2.74. The first kappa shape index (κ1) is 21.2. The van der Waals surface area contributed by atoms with Gasteiger partial charge in [-0.2, -0.15) is 0 Å². The summed E-state index contributed by atoms with van der Waals surface area (Å²) in [5, 5.41) is 11.5. The van der Waals surface area contributed by atoms with E-state index < -0.39 is 0 Å². The van der Waals surface area contributed by atoms with E-state index in [1.54, 1.807) is 43.3 Å². The molecule has 0 aromatic heterocycles. The Bertz CT molecular complexity index is 807. The molecule has 8 heteroatoms. The summed E-state index contributed by atoms with van der Waals surface area (Å²) >= 11 is 5.81. The van der Waals surface area contributed by atoms with Gasteiger partial charge in [-0.25, -0.2) is 4.79 Å². The zero-order valence-corrected chi connectivity index (χ0v) is 16.3. The molecule has 0 saturated heterocycles. The van der Waals surface area contributed by atoms with Gasteiger partial charge in [-0.15, -0.1) is 0 Å². The van der Waals surface area contributed by atoms with Crippen LogP contribution < -0.4 is 21.3 Å². The largest absolute Gasteiger partial charge is 0.350 e. The highest BCUT2D eigenvalue weighted by atomic mass is 35.5. The molecule has 0 bridgehead atoms. The monoisotopic (exact) mass is 402 g/mol. The third kappa shape index (κ3) is 7.28. The van der Waals surface area contributed by atoms with Crippen LogP contribution in [0.15, 0.2) is 48.5 Å². The van der Waals surface area contributed by atoms with Crippen molar-refractivity contribution in [3.8, 4) is 0 Å². The molecule has 4 N–H and O–H groups in total. The second kappa shape index (κ2) is 10.9. The molecular formula is C20H23ClN4O3. The molecule has 0 spiro atoms. The van der Waals surface area contributed by atoms with Gasteiger partial charge in [-0.05, 0) is 42.0 Å². The van der Waals surface area contributed by atoms with Crippen molar-refractivity contribution in [3.05, 3.63) is 64.7 Å². The fourth-order valence-electron chi connectivity index (χ4n) is 2.26. The molecule has 0 saturated carbocycles. The Kier molecular flexibility index (Phi) is 8.30.